The highest BCUT2D eigenvalue weighted by atomic mass is 35.5. The number of hydrogen-bond donors (Lipinski definition) is 2. The van der Waals surface area contributed by atoms with E-state index in [2.05, 4.69) is 5.43 Å². The van der Waals surface area contributed by atoms with E-state index < -0.39 is 0 Å². The van der Waals surface area contributed by atoms with Gasteiger partial charge in [0.05, 0.1) is 0 Å². The quantitative estimate of drug-likeness (QED) is 0.546. The molecule has 1 rings (SSSR count). The lowest BCUT2D eigenvalue weighted by Crippen LogP contribution is -2.25. The number of nitrogens with one attached hydrogen (secondary N) is 1. The molecule has 0 fully saturated rings. The second kappa shape index (κ2) is 3.90. The minimum absolute atomic E-state index is 0.0955. The van der Waals surface area contributed by atoms with Gasteiger partial charge in [0.2, 0.25) is 0 Å². The number of hydrogen-bond acceptors (Lipinski definition) is 2. The summed E-state index contributed by atoms with van der Waals surface area (Å²) in [6.07, 6.45) is 0. The van der Waals surface area contributed by atoms with Crippen LogP contribution in [-0.4, -0.2) is 0 Å². The van der Waals surface area contributed by atoms with Crippen LogP contribution in [0.5, 0.6) is 0 Å². The van der Waals surface area contributed by atoms with Crippen molar-refractivity contribution in [1.29, 1.82) is 0 Å². The molecule has 0 heterocycles. The lowest BCUT2D eigenvalue weighted by atomic mass is 10.1. The van der Waals surface area contributed by atoms with E-state index in [-0.39, 0.29) is 6.04 Å². The Kier molecular flexibility index (Phi) is 3.09. The van der Waals surface area contributed by atoms with E-state index in [0.29, 0.717) is 0 Å². The summed E-state index contributed by atoms with van der Waals surface area (Å²) >= 11 is 6.01. The number of aryl methyl sites for hydroxylation is 1. The van der Waals surface area contributed by atoms with Gasteiger partial charge in [-0.3, -0.25) is 11.3 Å². The second-order valence-electron chi connectivity index (χ2n) is 2.91. The number of hydrazine groups is 1. The fraction of sp³-hybridized carbons (Fsp3) is 0.333. The zero-order valence-corrected chi connectivity index (χ0v) is 8.02. The van der Waals surface area contributed by atoms with Crippen LogP contribution in [0.15, 0.2) is 18.2 Å². The molecule has 0 unspecified atom stereocenters. The zero-order chi connectivity index (χ0) is 9.14. The Labute approximate surface area is 77.7 Å². The highest BCUT2D eigenvalue weighted by Gasteiger charge is 2.06. The summed E-state index contributed by atoms with van der Waals surface area (Å²) in [6.45, 7) is 3.98. The van der Waals surface area contributed by atoms with Crippen molar-refractivity contribution in [2.24, 2.45) is 5.84 Å². The molecule has 0 aromatic heterocycles. The second-order valence-corrected chi connectivity index (χ2v) is 3.32. The van der Waals surface area contributed by atoms with Gasteiger partial charge in [0.1, 0.15) is 0 Å². The molecule has 0 amide bonds. The van der Waals surface area contributed by atoms with Crippen LogP contribution in [0.3, 0.4) is 0 Å². The topological polar surface area (TPSA) is 38.0 Å². The van der Waals surface area contributed by atoms with Crippen molar-refractivity contribution in [2.45, 2.75) is 19.9 Å². The van der Waals surface area contributed by atoms with E-state index >= 15 is 0 Å². The molecule has 1 aromatic carbocycles. The normalized spacial score (nSPS) is 13.0. The van der Waals surface area contributed by atoms with Crippen molar-refractivity contribution in [2.75, 3.05) is 0 Å². The maximum atomic E-state index is 6.01. The third kappa shape index (κ3) is 1.97. The Balaban J connectivity index is 3.01. The summed E-state index contributed by atoms with van der Waals surface area (Å²) in [5, 5.41) is 0.764. The maximum Gasteiger partial charge on any atom is 0.0456 e. The lowest BCUT2D eigenvalue weighted by Gasteiger charge is -2.12. The monoisotopic (exact) mass is 184 g/mol. The van der Waals surface area contributed by atoms with E-state index in [1.54, 1.807) is 0 Å². The molecule has 12 heavy (non-hydrogen) atoms. The Morgan fingerprint density at radius 2 is 2.17 bits per heavy atom. The molecule has 2 nitrogen and oxygen atoms in total. The number of halogens is 1. The van der Waals surface area contributed by atoms with E-state index in [0.717, 1.165) is 16.1 Å². The Bertz CT molecular complexity index is 273. The van der Waals surface area contributed by atoms with Gasteiger partial charge in [-0.05, 0) is 31.0 Å². The minimum atomic E-state index is 0.0955. The largest absolute Gasteiger partial charge is 0.271 e. The van der Waals surface area contributed by atoms with Crippen LogP contribution in [0.1, 0.15) is 24.1 Å². The molecular weight excluding hydrogens is 172 g/mol. The van der Waals surface area contributed by atoms with Crippen LogP contribution in [0.2, 0.25) is 5.02 Å². The van der Waals surface area contributed by atoms with Crippen molar-refractivity contribution in [1.82, 2.24) is 5.43 Å². The summed E-state index contributed by atoms with van der Waals surface area (Å²) in [5.41, 5.74) is 4.85. The predicted octanol–water partition coefficient (Wildman–Crippen LogP) is 2.17. The molecule has 0 bridgehead atoms. The summed E-state index contributed by atoms with van der Waals surface area (Å²) in [4.78, 5) is 0. The first-order chi connectivity index (χ1) is 5.65. The number of benzene rings is 1. The van der Waals surface area contributed by atoms with E-state index in [1.165, 1.54) is 0 Å². The molecular formula is C9H13ClN2. The average molecular weight is 185 g/mol. The molecule has 0 aliphatic carbocycles. The summed E-state index contributed by atoms with van der Waals surface area (Å²) in [5.74, 6) is 5.30. The summed E-state index contributed by atoms with van der Waals surface area (Å²) < 4.78 is 0. The molecule has 3 N–H and O–H groups in total. The molecule has 0 aliphatic heterocycles. The van der Waals surface area contributed by atoms with Gasteiger partial charge in [0.25, 0.3) is 0 Å². The van der Waals surface area contributed by atoms with E-state index in [1.807, 2.05) is 32.0 Å². The van der Waals surface area contributed by atoms with Crippen molar-refractivity contribution >= 4 is 11.6 Å². The first kappa shape index (κ1) is 9.52. The molecule has 0 radical (unpaired) electrons. The van der Waals surface area contributed by atoms with Crippen molar-refractivity contribution in [3.63, 3.8) is 0 Å². The molecule has 0 saturated heterocycles. The van der Waals surface area contributed by atoms with Gasteiger partial charge in [-0.2, -0.15) is 0 Å². The molecule has 0 spiro atoms. The standard InChI is InChI=1S/C9H13ClN2/c1-6-3-4-8(7(2)12-11)9(10)5-6/h3-5,7,12H,11H2,1-2H3/t7-/m0/s1. The van der Waals surface area contributed by atoms with E-state index in [9.17, 15) is 0 Å². The van der Waals surface area contributed by atoms with Crippen LogP contribution in [-0.2, 0) is 0 Å². The van der Waals surface area contributed by atoms with Crippen LogP contribution in [0, 0.1) is 6.92 Å². The Morgan fingerprint density at radius 3 is 2.67 bits per heavy atom. The molecule has 3 heteroatoms. The van der Waals surface area contributed by atoms with Gasteiger partial charge < -0.3 is 0 Å². The maximum absolute atomic E-state index is 6.01. The first-order valence-corrected chi connectivity index (χ1v) is 4.25. The van der Waals surface area contributed by atoms with Gasteiger partial charge in [-0.15, -0.1) is 0 Å². The summed E-state index contributed by atoms with van der Waals surface area (Å²) in [6, 6.07) is 6.04. The molecule has 0 aliphatic rings. The van der Waals surface area contributed by atoms with E-state index in [4.69, 9.17) is 17.4 Å². The lowest BCUT2D eigenvalue weighted by molar-refractivity contribution is 0.602. The Hall–Kier alpha value is -0.570. The molecule has 66 valence electrons. The predicted molar refractivity (Wildman–Crippen MR) is 51.9 cm³/mol. The van der Waals surface area contributed by atoms with Gasteiger partial charge in [0, 0.05) is 11.1 Å². The summed E-state index contributed by atoms with van der Waals surface area (Å²) in [7, 11) is 0. The highest BCUT2D eigenvalue weighted by Crippen LogP contribution is 2.22. The van der Waals surface area contributed by atoms with Gasteiger partial charge in [-0.25, -0.2) is 0 Å². The van der Waals surface area contributed by atoms with Crippen molar-refractivity contribution in [3.8, 4) is 0 Å². The van der Waals surface area contributed by atoms with Crippen LogP contribution >= 0.6 is 11.6 Å². The third-order valence-corrected chi connectivity index (χ3v) is 2.20. The minimum Gasteiger partial charge on any atom is -0.271 e. The van der Waals surface area contributed by atoms with Crippen LogP contribution in [0.4, 0.5) is 0 Å². The number of rotatable bonds is 2. The van der Waals surface area contributed by atoms with Gasteiger partial charge in [-0.1, -0.05) is 23.7 Å². The highest BCUT2D eigenvalue weighted by molar-refractivity contribution is 6.31. The van der Waals surface area contributed by atoms with Crippen LogP contribution in [0.25, 0.3) is 0 Å². The van der Waals surface area contributed by atoms with Crippen LogP contribution < -0.4 is 11.3 Å². The fourth-order valence-electron chi connectivity index (χ4n) is 1.07. The number of nitrogens with two attached hydrogens (primary N) is 1. The average Bonchev–Trinajstić information content (AvgIpc) is 2.03. The molecule has 0 saturated carbocycles. The van der Waals surface area contributed by atoms with Crippen molar-refractivity contribution in [3.05, 3.63) is 34.3 Å². The SMILES string of the molecule is Cc1ccc([C@H](C)NN)c(Cl)c1. The zero-order valence-electron chi connectivity index (χ0n) is 7.26. The first-order valence-electron chi connectivity index (χ1n) is 3.87. The van der Waals surface area contributed by atoms with Gasteiger partial charge >= 0.3 is 0 Å². The smallest absolute Gasteiger partial charge is 0.0456 e. The third-order valence-electron chi connectivity index (χ3n) is 1.87. The van der Waals surface area contributed by atoms with Gasteiger partial charge in [0.15, 0.2) is 0 Å². The molecule has 1 aromatic rings. The molecule has 1 atom stereocenters. The van der Waals surface area contributed by atoms with Crippen molar-refractivity contribution < 1.29 is 0 Å². The Morgan fingerprint density at radius 1 is 1.50 bits per heavy atom. The fourth-order valence-corrected chi connectivity index (χ4v) is 1.47.